The normalized spacial score (nSPS) is 34.2. The molecule has 1 saturated heterocycles. The zero-order valence-electron chi connectivity index (χ0n) is 6.53. The molecular weight excluding hydrogens is 192 g/mol. The van der Waals surface area contributed by atoms with Crippen molar-refractivity contribution in [2.24, 2.45) is 5.41 Å². The first-order chi connectivity index (χ1) is 4.83. The van der Waals surface area contributed by atoms with Gasteiger partial charge in [-0.15, -0.1) is 0 Å². The predicted octanol–water partition coefficient (Wildman–Crippen LogP) is 2.59. The molecule has 0 aromatic heterocycles. The maximum atomic E-state index is 5.44. The summed E-state index contributed by atoms with van der Waals surface area (Å²) in [6, 6.07) is 0. The van der Waals surface area contributed by atoms with Crippen molar-refractivity contribution in [1.29, 1.82) is 0 Å². The third-order valence-corrected chi connectivity index (χ3v) is 3.63. The Morgan fingerprint density at radius 3 is 2.70 bits per heavy atom. The molecule has 0 spiro atoms. The van der Waals surface area contributed by atoms with E-state index in [2.05, 4.69) is 22.9 Å². The van der Waals surface area contributed by atoms with Crippen LogP contribution in [0.2, 0.25) is 0 Å². The lowest BCUT2D eigenvalue weighted by Gasteiger charge is -2.34. The standard InChI is InChI=1S/C8H15BrO/c1-2-8(6-9)4-3-5-10-7-8/h2-7H2,1H3. The van der Waals surface area contributed by atoms with Crippen LogP contribution in [0, 0.1) is 5.41 Å². The summed E-state index contributed by atoms with van der Waals surface area (Å²) in [5.41, 5.74) is 0.457. The van der Waals surface area contributed by atoms with Crippen LogP contribution >= 0.6 is 15.9 Å². The minimum absolute atomic E-state index is 0.457. The Morgan fingerprint density at radius 1 is 1.60 bits per heavy atom. The van der Waals surface area contributed by atoms with E-state index >= 15 is 0 Å². The molecule has 1 aliphatic heterocycles. The first-order valence-corrected chi connectivity index (χ1v) is 5.09. The van der Waals surface area contributed by atoms with Crippen LogP contribution < -0.4 is 0 Å². The highest BCUT2D eigenvalue weighted by atomic mass is 79.9. The van der Waals surface area contributed by atoms with Crippen molar-refractivity contribution in [1.82, 2.24) is 0 Å². The van der Waals surface area contributed by atoms with Gasteiger partial charge >= 0.3 is 0 Å². The Bertz CT molecular complexity index is 91.4. The van der Waals surface area contributed by atoms with Crippen molar-refractivity contribution >= 4 is 15.9 Å². The van der Waals surface area contributed by atoms with Crippen LogP contribution in [0.3, 0.4) is 0 Å². The van der Waals surface area contributed by atoms with E-state index in [-0.39, 0.29) is 0 Å². The van der Waals surface area contributed by atoms with Crippen LogP contribution in [-0.2, 0) is 4.74 Å². The topological polar surface area (TPSA) is 9.23 Å². The van der Waals surface area contributed by atoms with Crippen LogP contribution in [0.4, 0.5) is 0 Å². The molecule has 1 unspecified atom stereocenters. The van der Waals surface area contributed by atoms with Crippen molar-refractivity contribution in [3.05, 3.63) is 0 Å². The van der Waals surface area contributed by atoms with E-state index in [4.69, 9.17) is 4.74 Å². The molecule has 0 aliphatic carbocycles. The second-order valence-corrected chi connectivity index (χ2v) is 3.70. The molecule has 1 heterocycles. The molecule has 0 aromatic carbocycles. The molecule has 0 aromatic rings. The van der Waals surface area contributed by atoms with Gasteiger partial charge in [0.2, 0.25) is 0 Å². The van der Waals surface area contributed by atoms with E-state index in [1.54, 1.807) is 0 Å². The predicted molar refractivity (Wildman–Crippen MR) is 46.6 cm³/mol. The van der Waals surface area contributed by atoms with Gasteiger partial charge in [0.25, 0.3) is 0 Å². The number of hydrogen-bond donors (Lipinski definition) is 0. The molecule has 2 heteroatoms. The van der Waals surface area contributed by atoms with Gasteiger partial charge in [0.15, 0.2) is 0 Å². The van der Waals surface area contributed by atoms with Crippen molar-refractivity contribution in [2.45, 2.75) is 26.2 Å². The highest BCUT2D eigenvalue weighted by Crippen LogP contribution is 2.33. The first-order valence-electron chi connectivity index (χ1n) is 3.97. The second kappa shape index (κ2) is 3.72. The summed E-state index contributed by atoms with van der Waals surface area (Å²) in [6.45, 7) is 4.17. The van der Waals surface area contributed by atoms with Crippen molar-refractivity contribution in [3.8, 4) is 0 Å². The lowest BCUT2D eigenvalue weighted by Crippen LogP contribution is -2.32. The Morgan fingerprint density at radius 2 is 2.40 bits per heavy atom. The molecule has 1 atom stereocenters. The molecule has 0 bridgehead atoms. The van der Waals surface area contributed by atoms with E-state index < -0.39 is 0 Å². The van der Waals surface area contributed by atoms with Crippen LogP contribution in [0.1, 0.15) is 26.2 Å². The molecule has 0 radical (unpaired) electrons. The first kappa shape index (κ1) is 8.54. The minimum Gasteiger partial charge on any atom is -0.381 e. The summed E-state index contributed by atoms with van der Waals surface area (Å²) in [7, 11) is 0. The SMILES string of the molecule is CCC1(CBr)CCCOC1. The van der Waals surface area contributed by atoms with E-state index in [0.717, 1.165) is 18.5 Å². The fraction of sp³-hybridized carbons (Fsp3) is 1.00. The third-order valence-electron chi connectivity index (χ3n) is 2.44. The fourth-order valence-corrected chi connectivity index (χ4v) is 2.23. The summed E-state index contributed by atoms with van der Waals surface area (Å²) < 4.78 is 5.44. The van der Waals surface area contributed by atoms with Gasteiger partial charge in [0.05, 0.1) is 6.61 Å². The lowest BCUT2D eigenvalue weighted by atomic mass is 9.82. The summed E-state index contributed by atoms with van der Waals surface area (Å²) in [5.74, 6) is 0. The average molecular weight is 207 g/mol. The minimum atomic E-state index is 0.457. The van der Waals surface area contributed by atoms with E-state index in [0.29, 0.717) is 5.41 Å². The Balaban J connectivity index is 2.44. The summed E-state index contributed by atoms with van der Waals surface area (Å²) in [6.07, 6.45) is 3.80. The quantitative estimate of drug-likeness (QED) is 0.632. The molecule has 1 nitrogen and oxygen atoms in total. The number of ether oxygens (including phenoxy) is 1. The number of alkyl halides is 1. The zero-order valence-corrected chi connectivity index (χ0v) is 8.11. The van der Waals surface area contributed by atoms with Gasteiger partial charge in [-0.25, -0.2) is 0 Å². The van der Waals surface area contributed by atoms with Gasteiger partial charge in [-0.1, -0.05) is 22.9 Å². The molecule has 1 aliphatic rings. The highest BCUT2D eigenvalue weighted by molar-refractivity contribution is 9.09. The maximum absolute atomic E-state index is 5.44. The fourth-order valence-electron chi connectivity index (χ4n) is 1.39. The summed E-state index contributed by atoms with van der Waals surface area (Å²) in [5, 5.41) is 1.09. The monoisotopic (exact) mass is 206 g/mol. The van der Waals surface area contributed by atoms with Crippen molar-refractivity contribution < 1.29 is 4.74 Å². The lowest BCUT2D eigenvalue weighted by molar-refractivity contribution is 0.00404. The van der Waals surface area contributed by atoms with Gasteiger partial charge in [-0.2, -0.15) is 0 Å². The average Bonchev–Trinajstić information content (AvgIpc) is 2.06. The van der Waals surface area contributed by atoms with Crippen molar-refractivity contribution in [2.75, 3.05) is 18.5 Å². The smallest absolute Gasteiger partial charge is 0.0530 e. The Kier molecular flexibility index (Phi) is 3.18. The summed E-state index contributed by atoms with van der Waals surface area (Å²) in [4.78, 5) is 0. The molecule has 1 fully saturated rings. The van der Waals surface area contributed by atoms with Gasteiger partial charge in [0, 0.05) is 17.4 Å². The van der Waals surface area contributed by atoms with E-state index in [1.807, 2.05) is 0 Å². The van der Waals surface area contributed by atoms with E-state index in [9.17, 15) is 0 Å². The summed E-state index contributed by atoms with van der Waals surface area (Å²) >= 11 is 3.55. The Labute approximate surface area is 71.3 Å². The van der Waals surface area contributed by atoms with Gasteiger partial charge in [-0.3, -0.25) is 0 Å². The molecule has 0 saturated carbocycles. The van der Waals surface area contributed by atoms with Gasteiger partial charge in [0.1, 0.15) is 0 Å². The van der Waals surface area contributed by atoms with Crippen LogP contribution in [0.5, 0.6) is 0 Å². The third kappa shape index (κ3) is 1.73. The largest absolute Gasteiger partial charge is 0.381 e. The molecule has 1 rings (SSSR count). The van der Waals surface area contributed by atoms with Crippen LogP contribution in [0.25, 0.3) is 0 Å². The van der Waals surface area contributed by atoms with Crippen molar-refractivity contribution in [3.63, 3.8) is 0 Å². The number of rotatable bonds is 2. The molecule has 60 valence electrons. The molecule has 10 heavy (non-hydrogen) atoms. The number of hydrogen-bond acceptors (Lipinski definition) is 1. The molecule has 0 N–H and O–H groups in total. The van der Waals surface area contributed by atoms with Gasteiger partial charge in [-0.05, 0) is 19.3 Å². The van der Waals surface area contributed by atoms with Crippen LogP contribution in [0.15, 0.2) is 0 Å². The highest BCUT2D eigenvalue weighted by Gasteiger charge is 2.29. The Hall–Kier alpha value is 0.440. The zero-order chi connectivity index (χ0) is 7.45. The maximum Gasteiger partial charge on any atom is 0.0530 e. The number of halogens is 1. The van der Waals surface area contributed by atoms with Gasteiger partial charge < -0.3 is 4.74 Å². The second-order valence-electron chi connectivity index (χ2n) is 3.14. The van der Waals surface area contributed by atoms with E-state index in [1.165, 1.54) is 19.3 Å². The van der Waals surface area contributed by atoms with Crippen LogP contribution in [-0.4, -0.2) is 18.5 Å². The molecule has 0 amide bonds. The molecular formula is C8H15BrO.